The fraction of sp³-hybridized carbons (Fsp3) is 0.400. The van der Waals surface area contributed by atoms with E-state index in [9.17, 15) is 0 Å². The summed E-state index contributed by atoms with van der Waals surface area (Å²) >= 11 is 8.39. The van der Waals surface area contributed by atoms with Gasteiger partial charge in [0.2, 0.25) is 0 Å². The first-order valence-electron chi connectivity index (χ1n) is 4.10. The smallest absolute Gasteiger partial charge is 0.0805 e. The molecule has 3 heteroatoms. The lowest BCUT2D eigenvalue weighted by molar-refractivity contribution is 0.255. The molecular formula is C10H12ClIO. The first-order chi connectivity index (χ1) is 6.20. The Balaban J connectivity index is 2.68. The Morgan fingerprint density at radius 3 is 2.38 bits per heavy atom. The van der Waals surface area contributed by atoms with Gasteiger partial charge in [-0.1, -0.05) is 52.9 Å². The van der Waals surface area contributed by atoms with E-state index in [2.05, 4.69) is 22.6 Å². The zero-order chi connectivity index (χ0) is 9.73. The van der Waals surface area contributed by atoms with Crippen molar-refractivity contribution in [2.24, 2.45) is 0 Å². The van der Waals surface area contributed by atoms with E-state index in [-0.39, 0.29) is 6.61 Å². The van der Waals surface area contributed by atoms with Crippen molar-refractivity contribution >= 4 is 34.2 Å². The van der Waals surface area contributed by atoms with Gasteiger partial charge in [0.05, 0.1) is 11.5 Å². The number of rotatable bonds is 4. The third-order valence-electron chi connectivity index (χ3n) is 1.89. The minimum Gasteiger partial charge on any atom is -0.395 e. The van der Waals surface area contributed by atoms with Crippen LogP contribution < -0.4 is 0 Å². The van der Waals surface area contributed by atoms with Gasteiger partial charge in [-0.15, -0.1) is 11.6 Å². The molecule has 13 heavy (non-hydrogen) atoms. The number of halogens is 2. The van der Waals surface area contributed by atoms with Crippen molar-refractivity contribution in [1.82, 2.24) is 0 Å². The molecule has 1 N–H and O–H groups in total. The van der Waals surface area contributed by atoms with Gasteiger partial charge in [-0.2, -0.15) is 0 Å². The number of hydrogen-bond donors (Lipinski definition) is 1. The third-order valence-corrected chi connectivity index (χ3v) is 4.18. The fourth-order valence-electron chi connectivity index (χ4n) is 1.11. The van der Waals surface area contributed by atoms with Crippen LogP contribution in [0.3, 0.4) is 0 Å². The Labute approximate surface area is 97.3 Å². The average molecular weight is 311 g/mol. The lowest BCUT2D eigenvalue weighted by Crippen LogP contribution is -2.31. The van der Waals surface area contributed by atoms with Gasteiger partial charge >= 0.3 is 0 Å². The molecule has 0 spiro atoms. The highest BCUT2D eigenvalue weighted by Gasteiger charge is 2.24. The number of aliphatic hydroxyl groups excluding tert-OH is 1. The highest BCUT2D eigenvalue weighted by molar-refractivity contribution is 14.1. The normalized spacial score (nSPS) is 15.3. The maximum atomic E-state index is 9.11. The Morgan fingerprint density at radius 2 is 1.92 bits per heavy atom. The predicted octanol–water partition coefficient (Wildman–Crippen LogP) is 2.63. The molecule has 1 nitrogen and oxygen atoms in total. The first kappa shape index (κ1) is 11.3. The molecule has 0 aliphatic heterocycles. The van der Waals surface area contributed by atoms with E-state index < -0.39 is 4.87 Å². The molecule has 0 radical (unpaired) electrons. The zero-order valence-electron chi connectivity index (χ0n) is 7.21. The molecule has 0 amide bonds. The van der Waals surface area contributed by atoms with Gasteiger partial charge in [-0.05, 0) is 12.0 Å². The standard InChI is InChI=1S/C10H12ClIO/c11-10(7-12,8-13)6-9-4-2-1-3-5-9/h1-5,13H,6-8H2. The summed E-state index contributed by atoms with van der Waals surface area (Å²) in [6.07, 6.45) is 0.717. The lowest BCUT2D eigenvalue weighted by Gasteiger charge is -2.21. The molecule has 0 fully saturated rings. The van der Waals surface area contributed by atoms with Crippen LogP contribution in [0.1, 0.15) is 5.56 Å². The van der Waals surface area contributed by atoms with E-state index in [1.54, 1.807) is 0 Å². The van der Waals surface area contributed by atoms with Crippen molar-refractivity contribution in [3.8, 4) is 0 Å². The maximum Gasteiger partial charge on any atom is 0.0805 e. The quantitative estimate of drug-likeness (QED) is 0.669. The molecule has 1 atom stereocenters. The zero-order valence-corrected chi connectivity index (χ0v) is 10.1. The van der Waals surface area contributed by atoms with Crippen LogP contribution in [0.15, 0.2) is 30.3 Å². The van der Waals surface area contributed by atoms with E-state index >= 15 is 0 Å². The van der Waals surface area contributed by atoms with Crippen LogP contribution in [0.5, 0.6) is 0 Å². The lowest BCUT2D eigenvalue weighted by atomic mass is 10.0. The van der Waals surface area contributed by atoms with E-state index in [1.807, 2.05) is 30.3 Å². The fourth-order valence-corrected chi connectivity index (χ4v) is 1.77. The summed E-state index contributed by atoms with van der Waals surface area (Å²) in [4.78, 5) is -0.498. The summed E-state index contributed by atoms with van der Waals surface area (Å²) in [6.45, 7) is 0.0202. The van der Waals surface area contributed by atoms with Crippen molar-refractivity contribution in [3.05, 3.63) is 35.9 Å². The molecule has 1 aromatic carbocycles. The molecule has 1 rings (SSSR count). The van der Waals surface area contributed by atoms with Gasteiger partial charge in [0.15, 0.2) is 0 Å². The van der Waals surface area contributed by atoms with Gasteiger partial charge in [0, 0.05) is 4.43 Å². The van der Waals surface area contributed by atoms with Crippen LogP contribution in [0.2, 0.25) is 0 Å². The molecule has 0 aliphatic rings. The van der Waals surface area contributed by atoms with Crippen LogP contribution in [0.4, 0.5) is 0 Å². The van der Waals surface area contributed by atoms with E-state index in [4.69, 9.17) is 16.7 Å². The number of hydrogen-bond acceptors (Lipinski definition) is 1. The van der Waals surface area contributed by atoms with Gasteiger partial charge < -0.3 is 5.11 Å². The Kier molecular flexibility index (Phi) is 4.49. The Morgan fingerprint density at radius 1 is 1.31 bits per heavy atom. The van der Waals surface area contributed by atoms with Crippen molar-refractivity contribution in [2.75, 3.05) is 11.0 Å². The second-order valence-corrected chi connectivity index (χ2v) is 4.67. The summed E-state index contributed by atoms with van der Waals surface area (Å²) in [5.41, 5.74) is 1.17. The van der Waals surface area contributed by atoms with Crippen molar-refractivity contribution < 1.29 is 5.11 Å². The van der Waals surface area contributed by atoms with E-state index in [1.165, 1.54) is 5.56 Å². The molecule has 1 aromatic rings. The minimum atomic E-state index is -0.498. The molecular weight excluding hydrogens is 298 g/mol. The van der Waals surface area contributed by atoms with Crippen molar-refractivity contribution in [2.45, 2.75) is 11.3 Å². The summed E-state index contributed by atoms with van der Waals surface area (Å²) in [5, 5.41) is 9.11. The van der Waals surface area contributed by atoms with Crippen LogP contribution in [0.25, 0.3) is 0 Å². The molecule has 0 saturated carbocycles. The van der Waals surface area contributed by atoms with Crippen LogP contribution in [-0.2, 0) is 6.42 Å². The van der Waals surface area contributed by atoms with E-state index in [0.717, 1.165) is 10.8 Å². The highest BCUT2D eigenvalue weighted by atomic mass is 127. The topological polar surface area (TPSA) is 20.2 Å². The summed E-state index contributed by atoms with van der Waals surface area (Å²) in [5.74, 6) is 0. The minimum absolute atomic E-state index is 0.0202. The van der Waals surface area contributed by atoms with Crippen molar-refractivity contribution in [3.63, 3.8) is 0 Å². The molecule has 0 aliphatic carbocycles. The van der Waals surface area contributed by atoms with Crippen LogP contribution in [0, 0.1) is 0 Å². The molecule has 0 heterocycles. The van der Waals surface area contributed by atoms with Gasteiger partial charge in [-0.25, -0.2) is 0 Å². The second kappa shape index (κ2) is 5.17. The Hall–Kier alpha value is 0.200. The number of benzene rings is 1. The summed E-state index contributed by atoms with van der Waals surface area (Å²) < 4.78 is 0.748. The maximum absolute atomic E-state index is 9.11. The summed E-state index contributed by atoms with van der Waals surface area (Å²) in [7, 11) is 0. The number of alkyl halides is 2. The molecule has 1 unspecified atom stereocenters. The largest absolute Gasteiger partial charge is 0.395 e. The second-order valence-electron chi connectivity index (χ2n) is 3.11. The van der Waals surface area contributed by atoms with Crippen LogP contribution in [-0.4, -0.2) is 21.0 Å². The SMILES string of the molecule is OCC(Cl)(CI)Cc1ccccc1. The highest BCUT2D eigenvalue weighted by Crippen LogP contribution is 2.23. The average Bonchev–Trinajstić information content (AvgIpc) is 2.19. The molecule has 0 saturated heterocycles. The van der Waals surface area contributed by atoms with Gasteiger partial charge in [0.25, 0.3) is 0 Å². The van der Waals surface area contributed by atoms with Gasteiger partial charge in [0.1, 0.15) is 0 Å². The van der Waals surface area contributed by atoms with Crippen molar-refractivity contribution in [1.29, 1.82) is 0 Å². The Bertz CT molecular complexity index is 246. The number of aliphatic hydroxyl groups is 1. The predicted molar refractivity (Wildman–Crippen MR) is 64.7 cm³/mol. The van der Waals surface area contributed by atoms with Crippen LogP contribution >= 0.6 is 34.2 Å². The monoisotopic (exact) mass is 310 g/mol. The molecule has 0 bridgehead atoms. The summed E-state index contributed by atoms with van der Waals surface area (Å²) in [6, 6.07) is 10.00. The molecule has 72 valence electrons. The molecule has 0 aromatic heterocycles. The first-order valence-corrected chi connectivity index (χ1v) is 6.00. The van der Waals surface area contributed by atoms with Gasteiger partial charge in [-0.3, -0.25) is 0 Å². The third kappa shape index (κ3) is 3.44. The van der Waals surface area contributed by atoms with E-state index in [0.29, 0.717) is 0 Å².